The first kappa shape index (κ1) is 13.1. The molecule has 3 rings (SSSR count). The van der Waals surface area contributed by atoms with Crippen LogP contribution in [0.15, 0.2) is 47.2 Å². The number of fused-ring (bicyclic) bond motifs is 1. The van der Waals surface area contributed by atoms with Gasteiger partial charge in [0.1, 0.15) is 12.4 Å². The van der Waals surface area contributed by atoms with E-state index in [1.54, 1.807) is 25.6 Å². The molecule has 21 heavy (non-hydrogen) atoms. The van der Waals surface area contributed by atoms with Crippen LogP contribution in [0, 0.1) is 0 Å². The average Bonchev–Trinajstić information content (AvgIpc) is 2.55. The van der Waals surface area contributed by atoms with E-state index in [1.165, 1.54) is 0 Å². The number of rotatable bonds is 4. The topological polar surface area (TPSA) is 68.6 Å². The molecule has 106 valence electrons. The van der Waals surface area contributed by atoms with E-state index in [-0.39, 0.29) is 0 Å². The molecule has 0 bridgehead atoms. The van der Waals surface area contributed by atoms with Gasteiger partial charge in [-0.15, -0.1) is 0 Å². The molecule has 1 aromatic carbocycles. The van der Waals surface area contributed by atoms with Crippen LogP contribution < -0.4 is 14.9 Å². The van der Waals surface area contributed by atoms with E-state index in [2.05, 4.69) is 20.5 Å². The molecule has 1 aromatic heterocycles. The van der Waals surface area contributed by atoms with Crippen molar-refractivity contribution in [1.29, 1.82) is 0 Å². The molecular weight excluding hydrogens is 268 g/mol. The first-order valence-electron chi connectivity index (χ1n) is 6.43. The maximum absolute atomic E-state index is 5.64. The lowest BCUT2D eigenvalue weighted by Crippen LogP contribution is -2.08. The zero-order valence-corrected chi connectivity index (χ0v) is 11.5. The number of hydrogen-bond donors (Lipinski definition) is 1. The lowest BCUT2D eigenvalue weighted by Gasteiger charge is -2.15. The minimum Gasteiger partial charge on any atom is -0.488 e. The Bertz CT molecular complexity index is 698. The molecule has 6 nitrogen and oxygen atoms in total. The molecule has 0 amide bonds. The standard InChI is InChI=1S/C15H14N4O2/c1-20-14-6-7-16-15(18-14)19-17-9-11-8-12-4-2-3-5-13(12)21-10-11/h2-9H,10H2,1H3,(H,16,18,19)/b17-9+. The van der Waals surface area contributed by atoms with Gasteiger partial charge in [0.2, 0.25) is 11.8 Å². The van der Waals surface area contributed by atoms with Gasteiger partial charge in [0, 0.05) is 23.4 Å². The van der Waals surface area contributed by atoms with Crippen LogP contribution >= 0.6 is 0 Å². The van der Waals surface area contributed by atoms with Crippen LogP contribution in [0.1, 0.15) is 5.56 Å². The van der Waals surface area contributed by atoms with E-state index in [1.807, 2.05) is 30.3 Å². The van der Waals surface area contributed by atoms with E-state index >= 15 is 0 Å². The first-order chi connectivity index (χ1) is 10.3. The Kier molecular flexibility index (Phi) is 3.77. The lowest BCUT2D eigenvalue weighted by molar-refractivity contribution is 0.353. The number of anilines is 1. The summed E-state index contributed by atoms with van der Waals surface area (Å²) < 4.78 is 10.7. The van der Waals surface area contributed by atoms with Crippen molar-refractivity contribution in [2.24, 2.45) is 5.10 Å². The molecule has 0 fully saturated rings. The van der Waals surface area contributed by atoms with Crippen LogP contribution in [0.3, 0.4) is 0 Å². The van der Waals surface area contributed by atoms with Gasteiger partial charge < -0.3 is 9.47 Å². The van der Waals surface area contributed by atoms with Crippen molar-refractivity contribution < 1.29 is 9.47 Å². The number of benzene rings is 1. The van der Waals surface area contributed by atoms with Crippen LogP contribution in [0.4, 0.5) is 5.95 Å². The van der Waals surface area contributed by atoms with Gasteiger partial charge in [0.15, 0.2) is 0 Å². The van der Waals surface area contributed by atoms with Gasteiger partial charge in [-0.05, 0) is 12.1 Å². The predicted molar refractivity (Wildman–Crippen MR) is 80.6 cm³/mol. The molecule has 0 spiro atoms. The Labute approximate surface area is 122 Å². The number of para-hydroxylation sites is 1. The van der Waals surface area contributed by atoms with E-state index in [9.17, 15) is 0 Å². The van der Waals surface area contributed by atoms with Gasteiger partial charge in [0.05, 0.1) is 13.3 Å². The highest BCUT2D eigenvalue weighted by atomic mass is 16.5. The summed E-state index contributed by atoms with van der Waals surface area (Å²) in [6.45, 7) is 0.487. The highest BCUT2D eigenvalue weighted by Crippen LogP contribution is 2.24. The molecule has 0 aliphatic carbocycles. The predicted octanol–water partition coefficient (Wildman–Crippen LogP) is 2.36. The minimum absolute atomic E-state index is 0.378. The average molecular weight is 282 g/mol. The van der Waals surface area contributed by atoms with Crippen molar-refractivity contribution >= 4 is 18.2 Å². The fourth-order valence-corrected chi connectivity index (χ4v) is 1.89. The maximum Gasteiger partial charge on any atom is 0.246 e. The summed E-state index contributed by atoms with van der Waals surface area (Å²) in [7, 11) is 1.55. The monoisotopic (exact) mass is 282 g/mol. The summed E-state index contributed by atoms with van der Waals surface area (Å²) in [6.07, 6.45) is 5.33. The number of nitrogens with one attached hydrogen (secondary N) is 1. The van der Waals surface area contributed by atoms with Gasteiger partial charge in [-0.25, -0.2) is 10.4 Å². The zero-order chi connectivity index (χ0) is 14.5. The summed E-state index contributed by atoms with van der Waals surface area (Å²) in [6, 6.07) is 9.54. The van der Waals surface area contributed by atoms with Gasteiger partial charge >= 0.3 is 0 Å². The van der Waals surface area contributed by atoms with E-state index in [0.717, 1.165) is 16.9 Å². The van der Waals surface area contributed by atoms with Crippen molar-refractivity contribution in [2.75, 3.05) is 19.1 Å². The normalized spacial score (nSPS) is 13.3. The molecular formula is C15H14N4O2. The zero-order valence-electron chi connectivity index (χ0n) is 11.5. The Morgan fingerprint density at radius 3 is 3.14 bits per heavy atom. The molecule has 1 N–H and O–H groups in total. The second kappa shape index (κ2) is 6.04. The molecule has 0 saturated carbocycles. The summed E-state index contributed by atoms with van der Waals surface area (Å²) >= 11 is 0. The van der Waals surface area contributed by atoms with Crippen LogP contribution in [0.25, 0.3) is 6.08 Å². The molecule has 0 atom stereocenters. The third-order valence-electron chi connectivity index (χ3n) is 2.89. The lowest BCUT2D eigenvalue weighted by atomic mass is 10.1. The van der Waals surface area contributed by atoms with E-state index in [4.69, 9.17) is 9.47 Å². The smallest absolute Gasteiger partial charge is 0.246 e. The van der Waals surface area contributed by atoms with Crippen molar-refractivity contribution in [3.05, 3.63) is 47.7 Å². The van der Waals surface area contributed by atoms with Crippen molar-refractivity contribution in [2.45, 2.75) is 0 Å². The highest BCUT2D eigenvalue weighted by Gasteiger charge is 2.08. The van der Waals surface area contributed by atoms with Crippen molar-refractivity contribution in [3.8, 4) is 11.6 Å². The van der Waals surface area contributed by atoms with Crippen LogP contribution in [0.2, 0.25) is 0 Å². The third-order valence-corrected chi connectivity index (χ3v) is 2.89. The van der Waals surface area contributed by atoms with Crippen molar-refractivity contribution in [1.82, 2.24) is 9.97 Å². The van der Waals surface area contributed by atoms with Crippen molar-refractivity contribution in [3.63, 3.8) is 0 Å². The molecule has 0 saturated heterocycles. The highest BCUT2D eigenvalue weighted by molar-refractivity contribution is 5.88. The van der Waals surface area contributed by atoms with E-state index in [0.29, 0.717) is 18.4 Å². The number of aromatic nitrogens is 2. The number of nitrogens with zero attached hydrogens (tertiary/aromatic N) is 3. The second-order valence-corrected chi connectivity index (χ2v) is 4.34. The SMILES string of the molecule is COc1ccnc(N/N=C/C2=Cc3ccccc3OC2)n1. The Balaban J connectivity index is 1.68. The second-order valence-electron chi connectivity index (χ2n) is 4.34. The third kappa shape index (κ3) is 3.17. The summed E-state index contributed by atoms with van der Waals surface area (Å²) in [5.74, 6) is 1.75. The van der Waals surface area contributed by atoms with Gasteiger partial charge in [0.25, 0.3) is 0 Å². The summed E-state index contributed by atoms with van der Waals surface area (Å²) in [4.78, 5) is 8.14. The molecule has 6 heteroatoms. The number of methoxy groups -OCH3 is 1. The van der Waals surface area contributed by atoms with Gasteiger partial charge in [-0.2, -0.15) is 10.1 Å². The Morgan fingerprint density at radius 1 is 1.33 bits per heavy atom. The molecule has 1 aliphatic heterocycles. The number of hydrazone groups is 1. The fraction of sp³-hybridized carbons (Fsp3) is 0.133. The van der Waals surface area contributed by atoms with Crippen LogP contribution in [-0.4, -0.2) is 29.9 Å². The van der Waals surface area contributed by atoms with Crippen LogP contribution in [-0.2, 0) is 0 Å². The quantitative estimate of drug-likeness (QED) is 0.688. The Morgan fingerprint density at radius 2 is 2.24 bits per heavy atom. The Hall–Kier alpha value is -2.89. The van der Waals surface area contributed by atoms with Gasteiger partial charge in [-0.1, -0.05) is 18.2 Å². The van der Waals surface area contributed by atoms with Crippen LogP contribution in [0.5, 0.6) is 11.6 Å². The minimum atomic E-state index is 0.378. The first-order valence-corrected chi connectivity index (χ1v) is 6.43. The maximum atomic E-state index is 5.64. The molecule has 2 heterocycles. The molecule has 1 aliphatic rings. The van der Waals surface area contributed by atoms with E-state index < -0.39 is 0 Å². The van der Waals surface area contributed by atoms with Gasteiger partial charge in [-0.3, -0.25) is 0 Å². The summed E-state index contributed by atoms with van der Waals surface area (Å²) in [5, 5.41) is 4.11. The fourth-order valence-electron chi connectivity index (χ4n) is 1.89. The molecule has 0 unspecified atom stereocenters. The summed E-state index contributed by atoms with van der Waals surface area (Å²) in [5.41, 5.74) is 4.77. The number of hydrogen-bond acceptors (Lipinski definition) is 6. The number of ether oxygens (including phenoxy) is 2. The molecule has 2 aromatic rings. The molecule has 0 radical (unpaired) electrons. The largest absolute Gasteiger partial charge is 0.488 e.